The second kappa shape index (κ2) is 19.9. The summed E-state index contributed by atoms with van der Waals surface area (Å²) in [6.07, 6.45) is 7.86. The summed E-state index contributed by atoms with van der Waals surface area (Å²) >= 11 is 0. The number of ether oxygens (including phenoxy) is 6. The molecule has 0 aromatic heterocycles. The molecular formula is C35H72O6. The van der Waals surface area contributed by atoms with Crippen LogP contribution >= 0.6 is 0 Å². The molecule has 0 aliphatic carbocycles. The lowest BCUT2D eigenvalue weighted by Crippen LogP contribution is -2.47. The average molecular weight is 589 g/mol. The molecule has 41 heavy (non-hydrogen) atoms. The third kappa shape index (κ3) is 15.9. The molecule has 6 heteroatoms. The fourth-order valence-electron chi connectivity index (χ4n) is 5.07. The summed E-state index contributed by atoms with van der Waals surface area (Å²) in [7, 11) is 0. The quantitative estimate of drug-likeness (QED) is 0.106. The van der Waals surface area contributed by atoms with Crippen LogP contribution in [0.5, 0.6) is 0 Å². The number of hydrogen-bond donors (Lipinski definition) is 0. The summed E-state index contributed by atoms with van der Waals surface area (Å²) in [5, 5.41) is 0. The Morgan fingerprint density at radius 1 is 0.488 bits per heavy atom. The van der Waals surface area contributed by atoms with Gasteiger partial charge in [-0.3, -0.25) is 0 Å². The van der Waals surface area contributed by atoms with E-state index in [0.717, 1.165) is 51.4 Å². The molecule has 10 atom stereocenters. The minimum Gasteiger partial charge on any atom is -0.375 e. The fraction of sp³-hybridized carbons (Fsp3) is 1.00. The zero-order valence-corrected chi connectivity index (χ0v) is 30.1. The van der Waals surface area contributed by atoms with Gasteiger partial charge in [0, 0.05) is 12.8 Å². The highest BCUT2D eigenvalue weighted by Crippen LogP contribution is 2.30. The summed E-state index contributed by atoms with van der Waals surface area (Å²) in [5.74, 6) is 0. The zero-order valence-electron chi connectivity index (χ0n) is 30.1. The van der Waals surface area contributed by atoms with E-state index in [0.29, 0.717) is 13.2 Å². The van der Waals surface area contributed by atoms with Crippen molar-refractivity contribution >= 4 is 0 Å². The van der Waals surface area contributed by atoms with Crippen molar-refractivity contribution in [3.05, 3.63) is 0 Å². The largest absolute Gasteiger partial charge is 0.375 e. The Kier molecular flexibility index (Phi) is 19.8. The summed E-state index contributed by atoms with van der Waals surface area (Å²) in [6, 6.07) is 0. The van der Waals surface area contributed by atoms with Gasteiger partial charge in [0.15, 0.2) is 0 Å². The molecule has 0 radical (unpaired) electrons. The van der Waals surface area contributed by atoms with Crippen molar-refractivity contribution in [3.63, 3.8) is 0 Å². The average Bonchev–Trinajstić information content (AvgIpc) is 2.93. The Morgan fingerprint density at radius 3 is 1.32 bits per heavy atom. The Hall–Kier alpha value is -0.240. The van der Waals surface area contributed by atoms with Gasteiger partial charge in [0.1, 0.15) is 6.10 Å². The predicted octanol–water partition coefficient (Wildman–Crippen LogP) is 9.30. The monoisotopic (exact) mass is 589 g/mol. The van der Waals surface area contributed by atoms with E-state index < -0.39 is 5.60 Å². The summed E-state index contributed by atoms with van der Waals surface area (Å²) < 4.78 is 39.0. The van der Waals surface area contributed by atoms with Gasteiger partial charge in [-0.15, -0.1) is 0 Å². The fourth-order valence-corrected chi connectivity index (χ4v) is 5.07. The van der Waals surface area contributed by atoms with E-state index in [2.05, 4.69) is 104 Å². The highest BCUT2D eigenvalue weighted by molar-refractivity contribution is 4.85. The van der Waals surface area contributed by atoms with E-state index in [4.69, 9.17) is 28.4 Å². The summed E-state index contributed by atoms with van der Waals surface area (Å²) in [5.41, 5.74) is -1.10. The first kappa shape index (κ1) is 40.8. The summed E-state index contributed by atoms with van der Waals surface area (Å²) in [6.45, 7) is 33.3. The maximum atomic E-state index is 6.92. The smallest absolute Gasteiger partial charge is 0.105 e. The lowest BCUT2D eigenvalue weighted by Gasteiger charge is -2.41. The lowest BCUT2D eigenvalue weighted by atomic mass is 9.94. The molecule has 0 saturated carbocycles. The standard InChI is InChI=1S/C35H72O6/c1-16-26(7)38-29(10)22-33(13,19-4)36-24-32(25-37-35(15,21-6)31(12)40-28(9)18-3)41-34(14,20-5)23-30(11)39-27(8)17-2/h26-32H,16-25H2,1-15H3. The molecule has 0 aliphatic rings. The van der Waals surface area contributed by atoms with Crippen LogP contribution in [-0.4, -0.2) is 72.7 Å². The van der Waals surface area contributed by atoms with Crippen LogP contribution in [0.15, 0.2) is 0 Å². The van der Waals surface area contributed by atoms with E-state index in [9.17, 15) is 0 Å². The molecule has 10 unspecified atom stereocenters. The second-order valence-electron chi connectivity index (χ2n) is 13.4. The lowest BCUT2D eigenvalue weighted by molar-refractivity contribution is -0.207. The SMILES string of the molecule is CCC(C)OC(C)CC(C)(CC)OCC(COC(C)(CC)C(C)OC(C)CC)OC(C)(CC)CC(C)OC(C)CC. The molecule has 0 rings (SSSR count). The first-order valence-corrected chi connectivity index (χ1v) is 17.0. The molecule has 6 nitrogen and oxygen atoms in total. The molecule has 0 heterocycles. The molecular weight excluding hydrogens is 516 g/mol. The van der Waals surface area contributed by atoms with Gasteiger partial charge in [0.25, 0.3) is 0 Å². The molecule has 0 amide bonds. The van der Waals surface area contributed by atoms with Crippen LogP contribution in [0, 0.1) is 0 Å². The van der Waals surface area contributed by atoms with E-state index in [1.54, 1.807) is 0 Å². The van der Waals surface area contributed by atoms with Crippen LogP contribution in [0.2, 0.25) is 0 Å². The van der Waals surface area contributed by atoms with Crippen molar-refractivity contribution in [2.75, 3.05) is 13.2 Å². The van der Waals surface area contributed by atoms with Crippen LogP contribution in [-0.2, 0) is 28.4 Å². The van der Waals surface area contributed by atoms with Crippen LogP contribution < -0.4 is 0 Å². The third-order valence-electron chi connectivity index (χ3n) is 9.25. The summed E-state index contributed by atoms with van der Waals surface area (Å²) in [4.78, 5) is 0. The maximum absolute atomic E-state index is 6.92. The number of rotatable bonds is 25. The third-order valence-corrected chi connectivity index (χ3v) is 9.25. The van der Waals surface area contributed by atoms with Crippen molar-refractivity contribution in [3.8, 4) is 0 Å². The van der Waals surface area contributed by atoms with Crippen molar-refractivity contribution in [2.24, 2.45) is 0 Å². The zero-order chi connectivity index (χ0) is 31.9. The van der Waals surface area contributed by atoms with Crippen molar-refractivity contribution in [1.82, 2.24) is 0 Å². The molecule has 0 fully saturated rings. The Bertz CT molecular complexity index is 661. The molecule has 0 saturated heterocycles. The molecule has 0 aliphatic heterocycles. The molecule has 0 spiro atoms. The Morgan fingerprint density at radius 2 is 0.902 bits per heavy atom. The second-order valence-corrected chi connectivity index (χ2v) is 13.4. The van der Waals surface area contributed by atoms with Gasteiger partial charge in [-0.1, -0.05) is 41.5 Å². The van der Waals surface area contributed by atoms with Crippen molar-refractivity contribution in [2.45, 2.75) is 215 Å². The first-order valence-electron chi connectivity index (χ1n) is 17.0. The maximum Gasteiger partial charge on any atom is 0.105 e. The van der Waals surface area contributed by atoms with E-state index in [-0.39, 0.29) is 53.9 Å². The topological polar surface area (TPSA) is 55.4 Å². The highest BCUT2D eigenvalue weighted by Gasteiger charge is 2.37. The normalized spacial score (nSPS) is 22.0. The van der Waals surface area contributed by atoms with Crippen LogP contribution in [0.25, 0.3) is 0 Å². The van der Waals surface area contributed by atoms with Gasteiger partial charge in [-0.2, -0.15) is 0 Å². The van der Waals surface area contributed by atoms with Gasteiger partial charge >= 0.3 is 0 Å². The Balaban J connectivity index is 5.83. The van der Waals surface area contributed by atoms with Gasteiger partial charge < -0.3 is 28.4 Å². The molecule has 248 valence electrons. The number of hydrogen-bond acceptors (Lipinski definition) is 6. The van der Waals surface area contributed by atoms with Gasteiger partial charge in [-0.25, -0.2) is 0 Å². The van der Waals surface area contributed by atoms with Gasteiger partial charge in [0.05, 0.1) is 66.6 Å². The van der Waals surface area contributed by atoms with E-state index in [1.807, 2.05) is 0 Å². The van der Waals surface area contributed by atoms with Crippen LogP contribution in [0.1, 0.15) is 155 Å². The first-order chi connectivity index (χ1) is 19.0. The Labute approximate surface area is 256 Å². The molecule has 0 aromatic rings. The van der Waals surface area contributed by atoms with Crippen molar-refractivity contribution < 1.29 is 28.4 Å². The van der Waals surface area contributed by atoms with E-state index in [1.165, 1.54) is 0 Å². The molecule has 0 N–H and O–H groups in total. The molecule has 0 bridgehead atoms. The van der Waals surface area contributed by atoms with Gasteiger partial charge in [0.2, 0.25) is 0 Å². The van der Waals surface area contributed by atoms with Crippen LogP contribution in [0.4, 0.5) is 0 Å². The van der Waals surface area contributed by atoms with Crippen molar-refractivity contribution in [1.29, 1.82) is 0 Å². The van der Waals surface area contributed by atoms with Crippen LogP contribution in [0.3, 0.4) is 0 Å². The predicted molar refractivity (Wildman–Crippen MR) is 173 cm³/mol. The minimum atomic E-state index is -0.423. The van der Waals surface area contributed by atoms with Gasteiger partial charge in [-0.05, 0) is 101 Å². The highest BCUT2D eigenvalue weighted by atomic mass is 16.6. The minimum absolute atomic E-state index is 0.0370. The molecule has 0 aromatic carbocycles. The van der Waals surface area contributed by atoms with E-state index >= 15 is 0 Å².